The molecule has 0 radical (unpaired) electrons. The van der Waals surface area contributed by atoms with Crippen LogP contribution in [0.1, 0.15) is 0 Å². The first-order chi connectivity index (χ1) is 6.72. The molecule has 14 heavy (non-hydrogen) atoms. The van der Waals surface area contributed by atoms with E-state index in [0.717, 1.165) is 0 Å². The standard InChI is InChI=1S/C10H9BrClFO/c11-8-5-9(13)7-10(6-8)14-4-2-1-3-12/h1-2,5-7H,3-4H2/b2-1+. The predicted octanol–water partition coefficient (Wildman–Crippen LogP) is 3.76. The summed E-state index contributed by atoms with van der Waals surface area (Å²) in [5.74, 6) is 0.628. The summed E-state index contributed by atoms with van der Waals surface area (Å²) >= 11 is 8.60. The zero-order valence-corrected chi connectivity index (χ0v) is 9.69. The third-order valence-electron chi connectivity index (χ3n) is 1.44. The molecule has 0 bridgehead atoms. The summed E-state index contributed by atoms with van der Waals surface area (Å²) in [6.07, 6.45) is 3.56. The molecular weight excluding hydrogens is 270 g/mol. The zero-order valence-electron chi connectivity index (χ0n) is 7.34. The lowest BCUT2D eigenvalue weighted by atomic mass is 10.3. The molecule has 0 saturated carbocycles. The van der Waals surface area contributed by atoms with E-state index in [1.54, 1.807) is 18.2 Å². The second-order valence-corrected chi connectivity index (χ2v) is 3.77. The lowest BCUT2D eigenvalue weighted by Gasteiger charge is -2.03. The number of allylic oxidation sites excluding steroid dienone is 1. The van der Waals surface area contributed by atoms with E-state index in [-0.39, 0.29) is 5.82 Å². The first kappa shape index (κ1) is 11.5. The monoisotopic (exact) mass is 278 g/mol. The molecule has 0 N–H and O–H groups in total. The van der Waals surface area contributed by atoms with Crippen molar-refractivity contribution in [3.63, 3.8) is 0 Å². The predicted molar refractivity (Wildman–Crippen MR) is 59.5 cm³/mol. The normalized spacial score (nSPS) is 10.8. The first-order valence-electron chi connectivity index (χ1n) is 4.02. The molecule has 0 unspecified atom stereocenters. The van der Waals surface area contributed by atoms with E-state index >= 15 is 0 Å². The van der Waals surface area contributed by atoms with Gasteiger partial charge in [-0.3, -0.25) is 0 Å². The van der Waals surface area contributed by atoms with Crippen molar-refractivity contribution in [2.45, 2.75) is 0 Å². The number of rotatable bonds is 4. The fourth-order valence-corrected chi connectivity index (χ4v) is 1.46. The third-order valence-corrected chi connectivity index (χ3v) is 2.07. The minimum atomic E-state index is -0.323. The van der Waals surface area contributed by atoms with Crippen molar-refractivity contribution in [3.05, 3.63) is 40.6 Å². The van der Waals surface area contributed by atoms with Gasteiger partial charge >= 0.3 is 0 Å². The largest absolute Gasteiger partial charge is 0.489 e. The third kappa shape index (κ3) is 4.11. The van der Waals surface area contributed by atoms with Crippen LogP contribution in [-0.2, 0) is 0 Å². The van der Waals surface area contributed by atoms with Gasteiger partial charge in [-0.2, -0.15) is 0 Å². The van der Waals surface area contributed by atoms with Crippen molar-refractivity contribution in [1.29, 1.82) is 0 Å². The Hall–Kier alpha value is -0.540. The Balaban J connectivity index is 2.54. The minimum absolute atomic E-state index is 0.323. The Morgan fingerprint density at radius 1 is 1.36 bits per heavy atom. The Morgan fingerprint density at radius 3 is 2.79 bits per heavy atom. The summed E-state index contributed by atoms with van der Waals surface area (Å²) in [5.41, 5.74) is 0. The summed E-state index contributed by atoms with van der Waals surface area (Å²) < 4.78 is 18.8. The SMILES string of the molecule is Fc1cc(Br)cc(OC/C=C/CCl)c1. The summed E-state index contributed by atoms with van der Waals surface area (Å²) in [5, 5.41) is 0. The number of hydrogen-bond donors (Lipinski definition) is 0. The fraction of sp³-hybridized carbons (Fsp3) is 0.200. The van der Waals surface area contributed by atoms with Crippen molar-refractivity contribution >= 4 is 27.5 Å². The smallest absolute Gasteiger partial charge is 0.128 e. The molecule has 0 aliphatic rings. The van der Waals surface area contributed by atoms with Crippen molar-refractivity contribution in [3.8, 4) is 5.75 Å². The number of halogens is 3. The van der Waals surface area contributed by atoms with E-state index in [1.165, 1.54) is 12.1 Å². The van der Waals surface area contributed by atoms with Gasteiger partial charge in [0.15, 0.2) is 0 Å². The molecular formula is C10H9BrClFO. The van der Waals surface area contributed by atoms with E-state index in [9.17, 15) is 4.39 Å². The van der Waals surface area contributed by atoms with Crippen molar-refractivity contribution in [1.82, 2.24) is 0 Å². The van der Waals surface area contributed by atoms with Crippen molar-refractivity contribution < 1.29 is 9.13 Å². The molecule has 4 heteroatoms. The molecule has 76 valence electrons. The van der Waals surface area contributed by atoms with Crippen LogP contribution in [-0.4, -0.2) is 12.5 Å². The molecule has 0 spiro atoms. The summed E-state index contributed by atoms with van der Waals surface area (Å²) in [6.45, 7) is 0.391. The van der Waals surface area contributed by atoms with Gasteiger partial charge in [0, 0.05) is 16.4 Å². The minimum Gasteiger partial charge on any atom is -0.489 e. The number of benzene rings is 1. The number of hydrogen-bond acceptors (Lipinski definition) is 1. The van der Waals surface area contributed by atoms with Gasteiger partial charge in [-0.25, -0.2) is 4.39 Å². The van der Waals surface area contributed by atoms with Crippen LogP contribution in [0, 0.1) is 5.82 Å². The van der Waals surface area contributed by atoms with Gasteiger partial charge in [0.1, 0.15) is 18.2 Å². The highest BCUT2D eigenvalue weighted by molar-refractivity contribution is 9.10. The Morgan fingerprint density at radius 2 is 2.14 bits per heavy atom. The van der Waals surface area contributed by atoms with Crippen LogP contribution in [0.2, 0.25) is 0 Å². The van der Waals surface area contributed by atoms with Crippen molar-refractivity contribution in [2.24, 2.45) is 0 Å². The summed E-state index contributed by atoms with van der Waals surface area (Å²) in [6, 6.07) is 4.42. The molecule has 0 amide bonds. The lowest BCUT2D eigenvalue weighted by molar-refractivity contribution is 0.360. The van der Waals surface area contributed by atoms with Crippen LogP contribution in [0.3, 0.4) is 0 Å². The van der Waals surface area contributed by atoms with Crippen LogP contribution < -0.4 is 4.74 Å². The van der Waals surface area contributed by atoms with Crippen LogP contribution in [0.25, 0.3) is 0 Å². The Kier molecular flexibility index (Phi) is 4.98. The van der Waals surface area contributed by atoms with Gasteiger partial charge in [0.25, 0.3) is 0 Å². The fourth-order valence-electron chi connectivity index (χ4n) is 0.887. The molecule has 0 heterocycles. The Labute approximate surface area is 95.7 Å². The Bertz CT molecular complexity index is 308. The van der Waals surface area contributed by atoms with Gasteiger partial charge in [-0.1, -0.05) is 28.1 Å². The van der Waals surface area contributed by atoms with Gasteiger partial charge in [-0.05, 0) is 12.1 Å². The van der Waals surface area contributed by atoms with Gasteiger partial charge in [-0.15, -0.1) is 11.6 Å². The molecule has 1 nitrogen and oxygen atoms in total. The molecule has 0 saturated heterocycles. The van der Waals surface area contributed by atoms with E-state index < -0.39 is 0 Å². The topological polar surface area (TPSA) is 9.23 Å². The van der Waals surface area contributed by atoms with Crippen LogP contribution >= 0.6 is 27.5 Å². The van der Waals surface area contributed by atoms with Crippen LogP contribution in [0.15, 0.2) is 34.8 Å². The van der Waals surface area contributed by atoms with E-state index in [0.29, 0.717) is 22.7 Å². The average molecular weight is 280 g/mol. The maximum Gasteiger partial charge on any atom is 0.128 e. The first-order valence-corrected chi connectivity index (χ1v) is 5.35. The highest BCUT2D eigenvalue weighted by atomic mass is 79.9. The highest BCUT2D eigenvalue weighted by Crippen LogP contribution is 2.20. The van der Waals surface area contributed by atoms with Crippen LogP contribution in [0.4, 0.5) is 4.39 Å². The van der Waals surface area contributed by atoms with Gasteiger partial charge in [0.05, 0.1) is 0 Å². The molecule has 1 rings (SSSR count). The zero-order chi connectivity index (χ0) is 10.4. The van der Waals surface area contributed by atoms with Gasteiger partial charge < -0.3 is 4.74 Å². The van der Waals surface area contributed by atoms with Crippen LogP contribution in [0.5, 0.6) is 5.75 Å². The summed E-state index contributed by atoms with van der Waals surface area (Å²) in [4.78, 5) is 0. The molecule has 1 aromatic carbocycles. The molecule has 0 fully saturated rings. The number of alkyl halides is 1. The van der Waals surface area contributed by atoms with Gasteiger partial charge in [0.2, 0.25) is 0 Å². The number of ether oxygens (including phenoxy) is 1. The second kappa shape index (κ2) is 6.04. The maximum absolute atomic E-state index is 12.9. The average Bonchev–Trinajstić information content (AvgIpc) is 2.11. The highest BCUT2D eigenvalue weighted by Gasteiger charge is 1.98. The van der Waals surface area contributed by atoms with E-state index in [1.807, 2.05) is 0 Å². The molecule has 0 aromatic heterocycles. The molecule has 0 aliphatic heterocycles. The quantitative estimate of drug-likeness (QED) is 0.602. The maximum atomic E-state index is 12.9. The van der Waals surface area contributed by atoms with E-state index in [2.05, 4.69) is 15.9 Å². The lowest BCUT2D eigenvalue weighted by Crippen LogP contribution is -1.93. The molecule has 0 aliphatic carbocycles. The molecule has 0 atom stereocenters. The van der Waals surface area contributed by atoms with Crippen molar-refractivity contribution in [2.75, 3.05) is 12.5 Å². The second-order valence-electron chi connectivity index (χ2n) is 2.54. The molecule has 1 aromatic rings. The van der Waals surface area contributed by atoms with E-state index in [4.69, 9.17) is 16.3 Å². The summed E-state index contributed by atoms with van der Waals surface area (Å²) in [7, 11) is 0.